The number of ketones is 1. The molecule has 0 spiro atoms. The fourth-order valence-electron chi connectivity index (χ4n) is 6.08. The fourth-order valence-corrected chi connectivity index (χ4v) is 6.08. The van der Waals surface area contributed by atoms with Crippen molar-refractivity contribution in [3.05, 3.63) is 65.4 Å². The number of nitrogens with zero attached hydrogens (tertiary/aromatic N) is 3. The number of hydrogen-bond acceptors (Lipinski definition) is 6. The minimum Gasteiger partial charge on any atom is -0.391 e. The van der Waals surface area contributed by atoms with Crippen molar-refractivity contribution in [3.63, 3.8) is 0 Å². The van der Waals surface area contributed by atoms with Crippen molar-refractivity contribution in [2.45, 2.75) is 70.1 Å². The Hall–Kier alpha value is -2.90. The van der Waals surface area contributed by atoms with Gasteiger partial charge in [0.1, 0.15) is 5.82 Å². The van der Waals surface area contributed by atoms with Gasteiger partial charge in [-0.2, -0.15) is 0 Å². The van der Waals surface area contributed by atoms with E-state index >= 15 is 0 Å². The molecule has 3 N–H and O–H groups in total. The summed E-state index contributed by atoms with van der Waals surface area (Å²) in [6.07, 6.45) is 8.65. The molecule has 2 fully saturated rings. The number of carbonyl (C=O) groups is 1. The van der Waals surface area contributed by atoms with E-state index in [1.807, 2.05) is 17.9 Å². The summed E-state index contributed by atoms with van der Waals surface area (Å²) in [6, 6.07) is 6.93. The summed E-state index contributed by atoms with van der Waals surface area (Å²) < 4.78 is 14.8. The van der Waals surface area contributed by atoms with E-state index in [0.717, 1.165) is 36.1 Å². The highest BCUT2D eigenvalue weighted by atomic mass is 19.1. The molecule has 1 aromatic carbocycles. The zero-order valence-electron chi connectivity index (χ0n) is 20.3. The van der Waals surface area contributed by atoms with Crippen molar-refractivity contribution in [1.82, 2.24) is 9.97 Å². The lowest BCUT2D eigenvalue weighted by atomic mass is 9.75. The SMILES string of the molecule is C[C@@H]1C[C@H](N)C[C@H](c2ccncc2CC(=O)c2ccc(F)c3cc(N4C[C@@H](O)C[C@H]4C)cnc23)C1. The average molecular weight is 477 g/mol. The maximum atomic E-state index is 14.8. The second-order valence-electron chi connectivity index (χ2n) is 10.5. The standard InChI is InChI=1S/C28H33FN4O2/c1-16-7-18(10-20(30)8-16)23-5-6-31-13-19(23)11-27(35)24-3-4-26(29)25-12-21(14-32-28(24)25)33-15-22(34)9-17(33)2/h3-6,12-14,16-18,20,22,34H,7-11,15,30H2,1-2H3/t16-,17+,18+,20-,22-/m0/s1. The Kier molecular flexibility index (Phi) is 6.55. The Morgan fingerprint density at radius 3 is 2.74 bits per heavy atom. The summed E-state index contributed by atoms with van der Waals surface area (Å²) in [5.74, 6) is 0.329. The van der Waals surface area contributed by atoms with Crippen LogP contribution in [0.25, 0.3) is 10.9 Å². The number of aromatic nitrogens is 2. The predicted octanol–water partition coefficient (Wildman–Crippen LogP) is 4.38. The number of aliphatic hydroxyl groups is 1. The molecule has 0 amide bonds. The molecule has 0 bridgehead atoms. The predicted molar refractivity (Wildman–Crippen MR) is 135 cm³/mol. The molecule has 1 saturated carbocycles. The Morgan fingerprint density at radius 1 is 1.17 bits per heavy atom. The number of nitrogens with two attached hydrogens (primary N) is 1. The second-order valence-corrected chi connectivity index (χ2v) is 10.5. The first-order valence-corrected chi connectivity index (χ1v) is 12.5. The van der Waals surface area contributed by atoms with Gasteiger partial charge < -0.3 is 15.7 Å². The molecular weight excluding hydrogens is 443 g/mol. The quantitative estimate of drug-likeness (QED) is 0.531. The van der Waals surface area contributed by atoms with Crippen LogP contribution in [0.3, 0.4) is 0 Å². The first-order chi connectivity index (χ1) is 16.8. The first kappa shape index (κ1) is 23.8. The zero-order valence-corrected chi connectivity index (χ0v) is 20.3. The van der Waals surface area contributed by atoms with Crippen molar-refractivity contribution >= 4 is 22.4 Å². The average Bonchev–Trinajstić information content (AvgIpc) is 3.16. The number of β-amino-alcohol motifs (C(OH)–C–C–N with tert-alkyl or cyclic N) is 1. The number of hydrogen-bond donors (Lipinski definition) is 2. The van der Waals surface area contributed by atoms with Crippen LogP contribution >= 0.6 is 0 Å². The Bertz CT molecular complexity index is 1240. The molecule has 1 aliphatic heterocycles. The molecule has 0 radical (unpaired) electrons. The van der Waals surface area contributed by atoms with Crippen molar-refractivity contribution in [1.29, 1.82) is 0 Å². The van der Waals surface area contributed by atoms with E-state index in [-0.39, 0.29) is 24.3 Å². The van der Waals surface area contributed by atoms with Crippen LogP contribution in [0.5, 0.6) is 0 Å². The topological polar surface area (TPSA) is 92.3 Å². The Balaban J connectivity index is 1.45. The highest BCUT2D eigenvalue weighted by Crippen LogP contribution is 2.37. The Labute approximate surface area is 205 Å². The van der Waals surface area contributed by atoms with Gasteiger partial charge in [0.25, 0.3) is 0 Å². The molecule has 2 aromatic heterocycles. The van der Waals surface area contributed by atoms with Crippen LogP contribution in [0.1, 0.15) is 66.9 Å². The van der Waals surface area contributed by atoms with E-state index in [2.05, 4.69) is 16.9 Å². The number of carbonyl (C=O) groups excluding carboxylic acids is 1. The summed E-state index contributed by atoms with van der Waals surface area (Å²) in [6.45, 7) is 4.75. The minimum absolute atomic E-state index is 0.109. The van der Waals surface area contributed by atoms with Gasteiger partial charge in [-0.15, -0.1) is 0 Å². The monoisotopic (exact) mass is 476 g/mol. The molecule has 2 aliphatic rings. The van der Waals surface area contributed by atoms with E-state index in [1.54, 1.807) is 24.7 Å². The lowest BCUT2D eigenvalue weighted by Crippen LogP contribution is -2.31. The van der Waals surface area contributed by atoms with Crippen LogP contribution in [0.4, 0.5) is 10.1 Å². The molecule has 184 valence electrons. The van der Waals surface area contributed by atoms with Crippen molar-refractivity contribution < 1.29 is 14.3 Å². The highest BCUT2D eigenvalue weighted by Gasteiger charge is 2.29. The van der Waals surface area contributed by atoms with Crippen LogP contribution < -0.4 is 10.6 Å². The molecule has 1 saturated heterocycles. The molecule has 0 unspecified atom stereocenters. The number of Topliss-reactive ketones (excluding diaryl/α,β-unsaturated/α-hetero) is 1. The van der Waals surface area contributed by atoms with E-state index in [1.165, 1.54) is 12.1 Å². The van der Waals surface area contributed by atoms with E-state index in [4.69, 9.17) is 5.73 Å². The lowest BCUT2D eigenvalue weighted by molar-refractivity contribution is 0.0993. The van der Waals surface area contributed by atoms with Gasteiger partial charge in [-0.25, -0.2) is 4.39 Å². The van der Waals surface area contributed by atoms with Gasteiger partial charge >= 0.3 is 0 Å². The van der Waals surface area contributed by atoms with Crippen LogP contribution in [0.2, 0.25) is 0 Å². The van der Waals surface area contributed by atoms with Gasteiger partial charge in [0.15, 0.2) is 5.78 Å². The third-order valence-corrected chi connectivity index (χ3v) is 7.68. The van der Waals surface area contributed by atoms with Crippen molar-refractivity contribution in [3.8, 4) is 0 Å². The van der Waals surface area contributed by atoms with Gasteiger partial charge in [-0.3, -0.25) is 14.8 Å². The number of benzene rings is 1. The van der Waals surface area contributed by atoms with Crippen LogP contribution in [0.15, 0.2) is 42.9 Å². The zero-order chi connectivity index (χ0) is 24.7. The number of halogens is 1. The van der Waals surface area contributed by atoms with Crippen LogP contribution in [-0.2, 0) is 6.42 Å². The number of anilines is 1. The van der Waals surface area contributed by atoms with Crippen LogP contribution in [-0.4, -0.2) is 45.6 Å². The summed E-state index contributed by atoms with van der Waals surface area (Å²) in [5, 5.41) is 10.3. The highest BCUT2D eigenvalue weighted by molar-refractivity contribution is 6.08. The number of fused-ring (bicyclic) bond motifs is 1. The summed E-state index contributed by atoms with van der Waals surface area (Å²) in [7, 11) is 0. The smallest absolute Gasteiger partial charge is 0.169 e. The van der Waals surface area contributed by atoms with E-state index < -0.39 is 11.9 Å². The third-order valence-electron chi connectivity index (χ3n) is 7.68. The molecule has 5 atom stereocenters. The lowest BCUT2D eigenvalue weighted by Gasteiger charge is -2.32. The molecule has 3 aromatic rings. The van der Waals surface area contributed by atoms with E-state index in [9.17, 15) is 14.3 Å². The van der Waals surface area contributed by atoms with Gasteiger partial charge in [0.2, 0.25) is 0 Å². The molecule has 3 heterocycles. The van der Waals surface area contributed by atoms with Gasteiger partial charge in [-0.1, -0.05) is 6.92 Å². The number of rotatable bonds is 5. The molecule has 1 aliphatic carbocycles. The maximum absolute atomic E-state index is 14.8. The number of aliphatic hydroxyl groups excluding tert-OH is 1. The Morgan fingerprint density at radius 2 is 2.00 bits per heavy atom. The van der Waals surface area contributed by atoms with Crippen molar-refractivity contribution in [2.24, 2.45) is 11.7 Å². The molecule has 6 nitrogen and oxygen atoms in total. The largest absolute Gasteiger partial charge is 0.391 e. The molecule has 7 heteroatoms. The summed E-state index contributed by atoms with van der Waals surface area (Å²) in [5.41, 5.74) is 9.87. The van der Waals surface area contributed by atoms with Gasteiger partial charge in [0.05, 0.1) is 23.5 Å². The normalized spacial score (nSPS) is 26.9. The third kappa shape index (κ3) is 4.80. The molecule has 35 heavy (non-hydrogen) atoms. The maximum Gasteiger partial charge on any atom is 0.169 e. The first-order valence-electron chi connectivity index (χ1n) is 12.5. The van der Waals surface area contributed by atoms with Crippen LogP contribution in [0, 0.1) is 11.7 Å². The summed E-state index contributed by atoms with van der Waals surface area (Å²) in [4.78, 5) is 24.3. The fraction of sp³-hybridized carbons (Fsp3) is 0.464. The van der Waals surface area contributed by atoms with Gasteiger partial charge in [-0.05, 0) is 79.8 Å². The minimum atomic E-state index is -0.412. The van der Waals surface area contributed by atoms with Gasteiger partial charge in [0, 0.05) is 48.4 Å². The molecular formula is C28H33FN4O2. The molecule has 5 rings (SSSR count). The van der Waals surface area contributed by atoms with Crippen molar-refractivity contribution in [2.75, 3.05) is 11.4 Å². The number of pyridine rings is 2. The second kappa shape index (κ2) is 9.63. The van der Waals surface area contributed by atoms with E-state index in [0.29, 0.717) is 41.3 Å². The summed E-state index contributed by atoms with van der Waals surface area (Å²) >= 11 is 0.